The zero-order chi connectivity index (χ0) is 10.5. The maximum atomic E-state index is 11.2. The van der Waals surface area contributed by atoms with Gasteiger partial charge in [-0.1, -0.05) is 26.3 Å². The van der Waals surface area contributed by atoms with Crippen molar-refractivity contribution >= 4 is 5.91 Å². The summed E-state index contributed by atoms with van der Waals surface area (Å²) in [6.07, 6.45) is 2.64. The summed E-state index contributed by atoms with van der Waals surface area (Å²) in [5.41, 5.74) is 1.33. The van der Waals surface area contributed by atoms with Gasteiger partial charge in [-0.25, -0.2) is 0 Å². The summed E-state index contributed by atoms with van der Waals surface area (Å²) in [5, 5.41) is 2.86. The fourth-order valence-corrected chi connectivity index (χ4v) is 0.874. The van der Waals surface area contributed by atoms with Crippen LogP contribution in [0.4, 0.5) is 0 Å². The van der Waals surface area contributed by atoms with E-state index in [1.807, 2.05) is 13.8 Å². The predicted molar refractivity (Wildman–Crippen MR) is 56.5 cm³/mol. The summed E-state index contributed by atoms with van der Waals surface area (Å²) in [4.78, 5) is 11.2. The molecule has 0 unspecified atom stereocenters. The van der Waals surface area contributed by atoms with Crippen molar-refractivity contribution < 1.29 is 4.79 Å². The molecule has 0 heterocycles. The predicted octanol–water partition coefficient (Wildman–Crippen LogP) is 2.51. The highest BCUT2D eigenvalue weighted by atomic mass is 16.1. The molecule has 0 atom stereocenters. The Balaban J connectivity index is 3.67. The van der Waals surface area contributed by atoms with Crippen LogP contribution in [0.15, 0.2) is 11.6 Å². The molecule has 0 aromatic heterocycles. The van der Waals surface area contributed by atoms with Gasteiger partial charge in [-0.3, -0.25) is 4.79 Å². The molecule has 0 fully saturated rings. The van der Waals surface area contributed by atoms with Crippen LogP contribution in [-0.4, -0.2) is 12.5 Å². The Kier molecular flexibility index (Phi) is 4.74. The quantitative estimate of drug-likeness (QED) is 0.669. The Labute approximate surface area is 81.4 Å². The number of amides is 1. The lowest BCUT2D eigenvalue weighted by molar-refractivity contribution is -0.116. The number of allylic oxidation sites excluding steroid dienone is 1. The van der Waals surface area contributed by atoms with Crippen molar-refractivity contribution in [3.05, 3.63) is 11.6 Å². The maximum Gasteiger partial charge on any atom is 0.243 e. The third kappa shape index (κ3) is 9.12. The molecule has 0 rings (SSSR count). The van der Waals surface area contributed by atoms with Gasteiger partial charge in [0.2, 0.25) is 5.91 Å². The first kappa shape index (κ1) is 12.2. The molecule has 2 nitrogen and oxygen atoms in total. The summed E-state index contributed by atoms with van der Waals surface area (Å²) >= 11 is 0. The molecule has 0 saturated carbocycles. The van der Waals surface area contributed by atoms with Crippen molar-refractivity contribution in [2.24, 2.45) is 5.41 Å². The van der Waals surface area contributed by atoms with Crippen molar-refractivity contribution in [3.63, 3.8) is 0 Å². The van der Waals surface area contributed by atoms with Gasteiger partial charge in [0.25, 0.3) is 0 Å². The van der Waals surface area contributed by atoms with E-state index >= 15 is 0 Å². The van der Waals surface area contributed by atoms with Gasteiger partial charge in [-0.2, -0.15) is 0 Å². The maximum absolute atomic E-state index is 11.2. The van der Waals surface area contributed by atoms with E-state index in [-0.39, 0.29) is 11.3 Å². The van der Waals surface area contributed by atoms with Crippen molar-refractivity contribution in [1.82, 2.24) is 5.32 Å². The van der Waals surface area contributed by atoms with Crippen LogP contribution in [-0.2, 0) is 4.79 Å². The highest BCUT2D eigenvalue weighted by Crippen LogP contribution is 2.16. The fraction of sp³-hybridized carbons (Fsp3) is 0.727. The third-order valence-electron chi connectivity index (χ3n) is 1.59. The number of rotatable bonds is 3. The van der Waals surface area contributed by atoms with E-state index in [0.29, 0.717) is 0 Å². The van der Waals surface area contributed by atoms with Gasteiger partial charge >= 0.3 is 0 Å². The molecule has 0 aliphatic rings. The highest BCUT2D eigenvalue weighted by molar-refractivity contribution is 5.87. The van der Waals surface area contributed by atoms with Crippen LogP contribution in [0.5, 0.6) is 0 Å². The van der Waals surface area contributed by atoms with Crippen LogP contribution in [0.3, 0.4) is 0 Å². The largest absolute Gasteiger partial charge is 0.353 e. The van der Waals surface area contributed by atoms with E-state index < -0.39 is 0 Å². The monoisotopic (exact) mass is 183 g/mol. The number of carbonyl (C=O) groups excluding carboxylic acids is 1. The first-order valence-corrected chi connectivity index (χ1v) is 4.74. The summed E-state index contributed by atoms with van der Waals surface area (Å²) < 4.78 is 0. The van der Waals surface area contributed by atoms with Gasteiger partial charge < -0.3 is 5.32 Å². The summed E-state index contributed by atoms with van der Waals surface area (Å²) in [5.74, 6) is 0.0178. The molecule has 0 bridgehead atoms. The summed E-state index contributed by atoms with van der Waals surface area (Å²) in [7, 11) is 0. The summed E-state index contributed by atoms with van der Waals surface area (Å²) in [6.45, 7) is 11.1. The molecule has 0 spiro atoms. The highest BCUT2D eigenvalue weighted by Gasteiger charge is 2.09. The number of nitrogens with one attached hydrogen (secondary N) is 1. The van der Waals surface area contributed by atoms with Crippen LogP contribution in [0.1, 0.15) is 41.0 Å². The van der Waals surface area contributed by atoms with Gasteiger partial charge in [0, 0.05) is 12.6 Å². The molecule has 13 heavy (non-hydrogen) atoms. The molecule has 1 N–H and O–H groups in total. The smallest absolute Gasteiger partial charge is 0.243 e. The lowest BCUT2D eigenvalue weighted by Gasteiger charge is -2.17. The van der Waals surface area contributed by atoms with Crippen LogP contribution < -0.4 is 5.32 Å². The lowest BCUT2D eigenvalue weighted by Crippen LogP contribution is -2.25. The Morgan fingerprint density at radius 2 is 1.85 bits per heavy atom. The standard InChI is InChI=1S/C11H21NO/c1-9(2)8-10(13)12-7-6-11(3,4)5/h8H,6-7H2,1-5H3,(H,12,13). The van der Waals surface area contributed by atoms with Gasteiger partial charge in [-0.05, 0) is 25.7 Å². The summed E-state index contributed by atoms with van der Waals surface area (Å²) in [6, 6.07) is 0. The second kappa shape index (κ2) is 5.05. The van der Waals surface area contributed by atoms with Crippen molar-refractivity contribution in [1.29, 1.82) is 0 Å². The van der Waals surface area contributed by atoms with Crippen molar-refractivity contribution in [2.45, 2.75) is 41.0 Å². The third-order valence-corrected chi connectivity index (χ3v) is 1.59. The molecule has 0 aromatic carbocycles. The van der Waals surface area contributed by atoms with E-state index in [4.69, 9.17) is 0 Å². The molecule has 0 radical (unpaired) electrons. The van der Waals surface area contributed by atoms with Gasteiger partial charge in [0.1, 0.15) is 0 Å². The van der Waals surface area contributed by atoms with E-state index in [1.54, 1.807) is 6.08 Å². The van der Waals surface area contributed by atoms with Gasteiger partial charge in [0.05, 0.1) is 0 Å². The van der Waals surface area contributed by atoms with Gasteiger partial charge in [-0.15, -0.1) is 0 Å². The SMILES string of the molecule is CC(C)=CC(=O)NCCC(C)(C)C. The fourth-order valence-electron chi connectivity index (χ4n) is 0.874. The molecule has 0 aliphatic heterocycles. The average Bonchev–Trinajstić information content (AvgIpc) is 1.81. The lowest BCUT2D eigenvalue weighted by atomic mass is 9.92. The molecule has 2 heteroatoms. The van der Waals surface area contributed by atoms with Crippen LogP contribution in [0.25, 0.3) is 0 Å². The van der Waals surface area contributed by atoms with Crippen molar-refractivity contribution in [3.8, 4) is 0 Å². The minimum atomic E-state index is 0.0178. The zero-order valence-electron chi connectivity index (χ0n) is 9.40. The Morgan fingerprint density at radius 1 is 1.31 bits per heavy atom. The molecule has 0 saturated heterocycles. The number of carbonyl (C=O) groups is 1. The molecule has 0 aliphatic carbocycles. The normalized spacial score (nSPS) is 10.8. The van der Waals surface area contributed by atoms with Gasteiger partial charge in [0.15, 0.2) is 0 Å². The van der Waals surface area contributed by atoms with E-state index in [0.717, 1.165) is 18.5 Å². The first-order valence-electron chi connectivity index (χ1n) is 4.74. The van der Waals surface area contributed by atoms with Crippen molar-refractivity contribution in [2.75, 3.05) is 6.54 Å². The molecular formula is C11H21NO. The molecule has 0 aromatic rings. The molecular weight excluding hydrogens is 162 g/mol. The zero-order valence-corrected chi connectivity index (χ0v) is 9.40. The Bertz CT molecular complexity index is 195. The average molecular weight is 183 g/mol. The second-order valence-electron chi connectivity index (χ2n) is 4.82. The Hall–Kier alpha value is -0.790. The minimum absolute atomic E-state index is 0.0178. The van der Waals surface area contributed by atoms with Crippen LogP contribution in [0.2, 0.25) is 0 Å². The number of hydrogen-bond donors (Lipinski definition) is 1. The molecule has 76 valence electrons. The second-order valence-corrected chi connectivity index (χ2v) is 4.82. The van der Waals surface area contributed by atoms with E-state index in [9.17, 15) is 4.79 Å². The van der Waals surface area contributed by atoms with Crippen LogP contribution >= 0.6 is 0 Å². The Morgan fingerprint density at radius 3 is 2.23 bits per heavy atom. The minimum Gasteiger partial charge on any atom is -0.353 e. The first-order chi connectivity index (χ1) is 5.81. The number of hydrogen-bond acceptors (Lipinski definition) is 1. The molecule has 1 amide bonds. The van der Waals surface area contributed by atoms with E-state index in [2.05, 4.69) is 26.1 Å². The topological polar surface area (TPSA) is 29.1 Å². The van der Waals surface area contributed by atoms with E-state index in [1.165, 1.54) is 0 Å². The van der Waals surface area contributed by atoms with Crippen LogP contribution in [0, 0.1) is 5.41 Å².